The van der Waals surface area contributed by atoms with Crippen LogP contribution in [-0.2, 0) is 0 Å². The maximum Gasteiger partial charge on any atom is 0.143 e. The Morgan fingerprint density at radius 1 is 0.347 bits per heavy atom. The molecule has 11 rings (SSSR count). The number of furan rings is 2. The van der Waals surface area contributed by atoms with Crippen LogP contribution >= 0.6 is 15.9 Å². The van der Waals surface area contributed by atoms with Gasteiger partial charge in [0.15, 0.2) is 0 Å². The van der Waals surface area contributed by atoms with E-state index in [1.807, 2.05) is 0 Å². The standard InChI is InChI=1S/C46H25BrO2/c47-32-22-30(37-24-28-11-3-7-15-35(28)43-41-33-13-5-1-9-26(33)17-19-39(41)48-45(37)43)21-31(23-32)38-25-29-12-4-8-16-36(29)44-42-34-14-6-2-10-27(34)18-20-40(42)49-46(38)44/h1-25H. The lowest BCUT2D eigenvalue weighted by Gasteiger charge is -2.12. The summed E-state index contributed by atoms with van der Waals surface area (Å²) in [7, 11) is 0. The van der Waals surface area contributed by atoms with Gasteiger partial charge in [-0.25, -0.2) is 0 Å². The molecule has 0 amide bonds. The first-order valence-corrected chi connectivity index (χ1v) is 17.3. The molecule has 0 atom stereocenters. The van der Waals surface area contributed by atoms with Crippen molar-refractivity contribution in [2.75, 3.05) is 0 Å². The molecule has 0 spiro atoms. The van der Waals surface area contributed by atoms with Crippen molar-refractivity contribution in [3.05, 3.63) is 156 Å². The third-order valence-electron chi connectivity index (χ3n) is 10.2. The van der Waals surface area contributed by atoms with E-state index in [0.29, 0.717) is 0 Å². The number of fused-ring (bicyclic) bond motifs is 14. The average Bonchev–Trinajstić information content (AvgIpc) is 3.74. The fraction of sp³-hybridized carbons (Fsp3) is 0. The Morgan fingerprint density at radius 2 is 0.735 bits per heavy atom. The summed E-state index contributed by atoms with van der Waals surface area (Å²) in [6.07, 6.45) is 0. The number of halogens is 1. The first kappa shape index (κ1) is 27.1. The van der Waals surface area contributed by atoms with Gasteiger partial charge in [0, 0.05) is 37.1 Å². The van der Waals surface area contributed by atoms with Crippen LogP contribution in [-0.4, -0.2) is 0 Å². The lowest BCUT2D eigenvalue weighted by Crippen LogP contribution is -1.87. The van der Waals surface area contributed by atoms with Crippen molar-refractivity contribution in [3.63, 3.8) is 0 Å². The summed E-state index contributed by atoms with van der Waals surface area (Å²) in [6, 6.07) is 54.2. The van der Waals surface area contributed by atoms with Crippen LogP contribution in [0, 0.1) is 0 Å². The average molecular weight is 690 g/mol. The maximum absolute atomic E-state index is 6.81. The molecular formula is C46H25BrO2. The molecule has 2 aromatic heterocycles. The van der Waals surface area contributed by atoms with Crippen molar-refractivity contribution in [1.82, 2.24) is 0 Å². The normalized spacial score (nSPS) is 12.2. The maximum atomic E-state index is 6.81. The zero-order valence-corrected chi connectivity index (χ0v) is 27.7. The van der Waals surface area contributed by atoms with Crippen LogP contribution in [0.4, 0.5) is 0 Å². The third kappa shape index (κ3) is 3.88. The predicted molar refractivity (Wildman–Crippen MR) is 210 cm³/mol. The van der Waals surface area contributed by atoms with Crippen molar-refractivity contribution in [2.45, 2.75) is 0 Å². The van der Waals surface area contributed by atoms with Gasteiger partial charge in [-0.3, -0.25) is 0 Å². The lowest BCUT2D eigenvalue weighted by molar-refractivity contribution is 0.670. The van der Waals surface area contributed by atoms with Gasteiger partial charge < -0.3 is 8.83 Å². The summed E-state index contributed by atoms with van der Waals surface area (Å²) in [4.78, 5) is 0. The fourth-order valence-corrected chi connectivity index (χ4v) is 8.60. The monoisotopic (exact) mass is 688 g/mol. The Bertz CT molecular complexity index is 2970. The summed E-state index contributed by atoms with van der Waals surface area (Å²) in [6.45, 7) is 0. The van der Waals surface area contributed by atoms with E-state index < -0.39 is 0 Å². The summed E-state index contributed by atoms with van der Waals surface area (Å²) < 4.78 is 14.6. The first-order chi connectivity index (χ1) is 24.2. The van der Waals surface area contributed by atoms with Gasteiger partial charge in [-0.2, -0.15) is 0 Å². The van der Waals surface area contributed by atoms with Crippen LogP contribution in [0.3, 0.4) is 0 Å². The van der Waals surface area contributed by atoms with Gasteiger partial charge >= 0.3 is 0 Å². The van der Waals surface area contributed by atoms with E-state index in [0.717, 1.165) is 70.6 Å². The topological polar surface area (TPSA) is 26.3 Å². The molecule has 2 nitrogen and oxygen atoms in total. The van der Waals surface area contributed by atoms with E-state index in [4.69, 9.17) is 8.83 Å². The zero-order chi connectivity index (χ0) is 32.2. The number of hydrogen-bond acceptors (Lipinski definition) is 2. The number of benzene rings is 9. The van der Waals surface area contributed by atoms with Crippen LogP contribution in [0.2, 0.25) is 0 Å². The second-order valence-corrected chi connectivity index (χ2v) is 13.9. The van der Waals surface area contributed by atoms with Gasteiger partial charge in [-0.15, -0.1) is 0 Å². The third-order valence-corrected chi connectivity index (χ3v) is 10.7. The van der Waals surface area contributed by atoms with Crippen LogP contribution in [0.5, 0.6) is 0 Å². The summed E-state index contributed by atoms with van der Waals surface area (Å²) in [5, 5.41) is 14.2. The molecule has 0 aliphatic carbocycles. The van der Waals surface area contributed by atoms with Crippen molar-refractivity contribution in [1.29, 1.82) is 0 Å². The Kier molecular flexibility index (Phi) is 5.56. The van der Waals surface area contributed by atoms with Crippen molar-refractivity contribution < 1.29 is 8.83 Å². The number of rotatable bonds is 2. The molecule has 0 aliphatic rings. The predicted octanol–water partition coefficient (Wildman–Crippen LogP) is 14.2. The molecule has 0 unspecified atom stereocenters. The van der Waals surface area contributed by atoms with E-state index in [2.05, 4.69) is 168 Å². The highest BCUT2D eigenvalue weighted by Crippen LogP contribution is 2.47. The van der Waals surface area contributed by atoms with Gasteiger partial charge in [0.25, 0.3) is 0 Å². The molecule has 2 heterocycles. The zero-order valence-electron chi connectivity index (χ0n) is 26.1. The lowest BCUT2D eigenvalue weighted by atomic mass is 9.92. The molecule has 0 aliphatic heterocycles. The highest BCUT2D eigenvalue weighted by atomic mass is 79.9. The van der Waals surface area contributed by atoms with Gasteiger partial charge in [-0.1, -0.05) is 125 Å². The molecule has 0 bridgehead atoms. The second kappa shape index (κ2) is 10.1. The van der Waals surface area contributed by atoms with Crippen LogP contribution < -0.4 is 0 Å². The van der Waals surface area contributed by atoms with E-state index in [1.54, 1.807) is 0 Å². The van der Waals surface area contributed by atoms with E-state index >= 15 is 0 Å². The fourth-order valence-electron chi connectivity index (χ4n) is 8.10. The van der Waals surface area contributed by atoms with Gasteiger partial charge in [-0.05, 0) is 96.7 Å². The molecule has 0 fully saturated rings. The Labute approximate surface area is 288 Å². The molecule has 0 N–H and O–H groups in total. The SMILES string of the molecule is Brc1cc(-c2cc3ccccc3c3c2oc2ccc4ccccc4c23)cc(-c2cc3ccccc3c3c2oc2ccc4ccccc4c23)c1. The summed E-state index contributed by atoms with van der Waals surface area (Å²) >= 11 is 3.91. The van der Waals surface area contributed by atoms with Gasteiger partial charge in [0.05, 0.1) is 0 Å². The minimum absolute atomic E-state index is 0.896. The summed E-state index contributed by atoms with van der Waals surface area (Å²) in [5.41, 5.74) is 7.85. The van der Waals surface area contributed by atoms with Crippen molar-refractivity contribution in [3.8, 4) is 22.3 Å². The van der Waals surface area contributed by atoms with Gasteiger partial charge in [0.2, 0.25) is 0 Å². The molecule has 0 radical (unpaired) electrons. The number of hydrogen-bond donors (Lipinski definition) is 0. The van der Waals surface area contributed by atoms with Crippen molar-refractivity contribution >= 4 is 103 Å². The van der Waals surface area contributed by atoms with E-state index in [9.17, 15) is 0 Å². The highest BCUT2D eigenvalue weighted by Gasteiger charge is 2.21. The van der Waals surface area contributed by atoms with Gasteiger partial charge in [0.1, 0.15) is 22.3 Å². The quantitative estimate of drug-likeness (QED) is 0.181. The Hall–Kier alpha value is -5.90. The first-order valence-electron chi connectivity index (χ1n) is 16.5. The smallest absolute Gasteiger partial charge is 0.143 e. The molecule has 49 heavy (non-hydrogen) atoms. The Balaban J connectivity index is 1.24. The van der Waals surface area contributed by atoms with Crippen LogP contribution in [0.25, 0.3) is 109 Å². The van der Waals surface area contributed by atoms with Crippen LogP contribution in [0.1, 0.15) is 0 Å². The molecule has 0 saturated heterocycles. The molecule has 228 valence electrons. The van der Waals surface area contributed by atoms with Crippen molar-refractivity contribution in [2.24, 2.45) is 0 Å². The second-order valence-electron chi connectivity index (χ2n) is 13.0. The minimum atomic E-state index is 0.896. The van der Waals surface area contributed by atoms with E-state index in [-0.39, 0.29) is 0 Å². The Morgan fingerprint density at radius 3 is 1.18 bits per heavy atom. The molecule has 11 aromatic rings. The summed E-state index contributed by atoms with van der Waals surface area (Å²) in [5.74, 6) is 0. The minimum Gasteiger partial charge on any atom is -0.455 e. The molecule has 0 saturated carbocycles. The molecule has 3 heteroatoms. The van der Waals surface area contributed by atoms with Crippen LogP contribution in [0.15, 0.2) is 165 Å². The largest absolute Gasteiger partial charge is 0.455 e. The van der Waals surface area contributed by atoms with E-state index in [1.165, 1.54) is 43.1 Å². The molecule has 9 aromatic carbocycles. The molecular weight excluding hydrogens is 664 g/mol. The highest BCUT2D eigenvalue weighted by molar-refractivity contribution is 9.10.